The van der Waals surface area contributed by atoms with Crippen LogP contribution >= 0.6 is 0 Å². The predicted octanol–water partition coefficient (Wildman–Crippen LogP) is 0.974. The average Bonchev–Trinajstić information content (AvgIpc) is 2.71. The molecule has 0 aliphatic carbocycles. The zero-order valence-electron chi connectivity index (χ0n) is 16.9. The number of fused-ring (bicyclic) bond motifs is 2. The fourth-order valence-corrected chi connectivity index (χ4v) is 4.46. The Morgan fingerprint density at radius 1 is 0.818 bits per heavy atom. The molecule has 0 unspecified atom stereocenters. The van der Waals surface area contributed by atoms with E-state index in [0.29, 0.717) is 17.1 Å². The maximum absolute atomic E-state index is 11.9. The smallest absolute Gasteiger partial charge is 0.744 e. The van der Waals surface area contributed by atoms with Crippen LogP contribution in [0.15, 0.2) is 80.7 Å². The van der Waals surface area contributed by atoms with E-state index in [1.54, 1.807) is 24.3 Å². The number of azo groups is 1. The van der Waals surface area contributed by atoms with E-state index in [1.807, 2.05) is 18.2 Å². The number of hydrogen-bond acceptors (Lipinski definition) is 9. The van der Waals surface area contributed by atoms with E-state index in [-0.39, 0.29) is 40.3 Å². The molecule has 4 rings (SSSR count). The molecule has 0 bridgehead atoms. The Hall–Kier alpha value is -2.58. The largest absolute Gasteiger partial charge is 1.00 e. The van der Waals surface area contributed by atoms with Gasteiger partial charge in [0.25, 0.3) is 10.1 Å². The molecule has 0 aromatic heterocycles. The SMILES string of the molecule is O=S(=O)([O-])c1cc(O)c2c(O)c(N=Nc3cccc4ccccc34)c(S(=O)(=O)O)cc2c1.[Na+]. The van der Waals surface area contributed by atoms with Crippen LogP contribution in [0.3, 0.4) is 0 Å². The predicted molar refractivity (Wildman–Crippen MR) is 113 cm³/mol. The normalized spacial score (nSPS) is 12.3. The molecule has 0 atom stereocenters. The topological polar surface area (TPSA) is 177 Å². The minimum absolute atomic E-state index is 0. The van der Waals surface area contributed by atoms with Crippen LogP contribution in [-0.4, -0.2) is 36.2 Å². The molecule has 164 valence electrons. The molecule has 0 saturated carbocycles. The standard InChI is InChI=1S/C20H14N2O8S2.Na/c23-16-10-13(31(25,26)27)8-12-9-17(32(28,29)30)19(20(24)18(12)16)22-21-15-7-3-5-11-4-1-2-6-14(11)15;/h1-10,23-24H,(H,25,26,27)(H,28,29,30);/q;+1/p-1. The van der Waals surface area contributed by atoms with Crippen LogP contribution in [0.1, 0.15) is 0 Å². The maximum Gasteiger partial charge on any atom is 1.00 e. The maximum atomic E-state index is 11.9. The Bertz CT molecular complexity index is 1650. The fraction of sp³-hybridized carbons (Fsp3) is 0. The summed E-state index contributed by atoms with van der Waals surface area (Å²) >= 11 is 0. The van der Waals surface area contributed by atoms with Gasteiger partial charge in [0.15, 0.2) is 5.75 Å². The van der Waals surface area contributed by atoms with E-state index in [0.717, 1.165) is 17.5 Å². The molecule has 4 aromatic rings. The van der Waals surface area contributed by atoms with Crippen LogP contribution in [0, 0.1) is 0 Å². The molecule has 33 heavy (non-hydrogen) atoms. The van der Waals surface area contributed by atoms with Crippen LogP contribution < -0.4 is 29.6 Å². The third-order valence-electron chi connectivity index (χ3n) is 4.69. The molecule has 0 spiro atoms. The van der Waals surface area contributed by atoms with Gasteiger partial charge in [-0.15, -0.1) is 10.2 Å². The molecular formula is C20H13N2NaO8S2. The number of benzene rings is 4. The first-order valence-corrected chi connectivity index (χ1v) is 11.7. The summed E-state index contributed by atoms with van der Waals surface area (Å²) in [5.74, 6) is -1.69. The second kappa shape index (κ2) is 8.99. The van der Waals surface area contributed by atoms with Gasteiger partial charge in [0.1, 0.15) is 26.5 Å². The summed E-state index contributed by atoms with van der Waals surface area (Å²) in [4.78, 5) is -1.75. The van der Waals surface area contributed by atoms with E-state index in [2.05, 4.69) is 10.2 Å². The zero-order valence-corrected chi connectivity index (χ0v) is 20.5. The van der Waals surface area contributed by atoms with E-state index in [4.69, 9.17) is 0 Å². The molecule has 0 aliphatic heterocycles. The van der Waals surface area contributed by atoms with Crippen molar-refractivity contribution in [1.82, 2.24) is 0 Å². The molecule has 13 heteroatoms. The molecule has 0 amide bonds. The van der Waals surface area contributed by atoms with Crippen LogP contribution in [0.25, 0.3) is 21.5 Å². The van der Waals surface area contributed by atoms with Crippen LogP contribution in [-0.2, 0) is 20.2 Å². The van der Waals surface area contributed by atoms with Crippen molar-refractivity contribution in [2.45, 2.75) is 9.79 Å². The zero-order chi connectivity index (χ0) is 23.3. The Balaban J connectivity index is 0.00000306. The second-order valence-electron chi connectivity index (χ2n) is 6.74. The van der Waals surface area contributed by atoms with Gasteiger partial charge in [-0.3, -0.25) is 4.55 Å². The average molecular weight is 496 g/mol. The van der Waals surface area contributed by atoms with Crippen molar-refractivity contribution in [2.75, 3.05) is 0 Å². The summed E-state index contributed by atoms with van der Waals surface area (Å²) in [6, 6.07) is 14.4. The van der Waals surface area contributed by atoms with E-state index < -0.39 is 47.2 Å². The van der Waals surface area contributed by atoms with Crippen molar-refractivity contribution >= 4 is 53.2 Å². The monoisotopic (exact) mass is 496 g/mol. The Kier molecular flexibility index (Phi) is 6.82. The van der Waals surface area contributed by atoms with Crippen molar-refractivity contribution in [2.24, 2.45) is 10.2 Å². The number of hydrogen-bond donors (Lipinski definition) is 3. The van der Waals surface area contributed by atoms with E-state index >= 15 is 0 Å². The number of phenols is 2. The number of rotatable bonds is 4. The van der Waals surface area contributed by atoms with E-state index in [1.165, 1.54) is 0 Å². The molecule has 0 heterocycles. The van der Waals surface area contributed by atoms with E-state index in [9.17, 15) is 36.2 Å². The van der Waals surface area contributed by atoms with Gasteiger partial charge in [-0.2, -0.15) is 8.42 Å². The van der Waals surface area contributed by atoms with Gasteiger partial charge in [0.2, 0.25) is 0 Å². The van der Waals surface area contributed by atoms with Crippen molar-refractivity contribution in [1.29, 1.82) is 0 Å². The Morgan fingerprint density at radius 3 is 2.15 bits per heavy atom. The Labute approximate surface area is 210 Å². The minimum atomic E-state index is -5.00. The van der Waals surface area contributed by atoms with Gasteiger partial charge in [-0.05, 0) is 35.0 Å². The Morgan fingerprint density at radius 2 is 1.48 bits per heavy atom. The third-order valence-corrected chi connectivity index (χ3v) is 6.37. The first-order valence-electron chi connectivity index (χ1n) is 8.82. The van der Waals surface area contributed by atoms with Crippen molar-refractivity contribution in [3.05, 3.63) is 60.7 Å². The summed E-state index contributed by atoms with van der Waals surface area (Å²) in [7, 11) is -9.98. The van der Waals surface area contributed by atoms with Crippen LogP contribution in [0.5, 0.6) is 11.5 Å². The first kappa shape index (κ1) is 25.1. The number of phenolic OH excluding ortho intramolecular Hbond substituents is 2. The molecule has 0 fully saturated rings. The molecule has 0 radical (unpaired) electrons. The number of aromatic hydroxyl groups is 2. The van der Waals surface area contributed by atoms with Gasteiger partial charge in [-0.25, -0.2) is 8.42 Å². The van der Waals surface area contributed by atoms with Gasteiger partial charge >= 0.3 is 29.6 Å². The summed E-state index contributed by atoms with van der Waals surface area (Å²) < 4.78 is 67.4. The van der Waals surface area contributed by atoms with Crippen molar-refractivity contribution in [3.63, 3.8) is 0 Å². The summed E-state index contributed by atoms with van der Waals surface area (Å²) in [6.07, 6.45) is 0. The van der Waals surface area contributed by atoms with Gasteiger partial charge in [-0.1, -0.05) is 36.4 Å². The van der Waals surface area contributed by atoms with Crippen molar-refractivity contribution in [3.8, 4) is 11.5 Å². The molecule has 0 aliphatic rings. The first-order chi connectivity index (χ1) is 15.0. The molecule has 10 nitrogen and oxygen atoms in total. The molecular weight excluding hydrogens is 483 g/mol. The quantitative estimate of drug-likeness (QED) is 0.213. The molecule has 4 aromatic carbocycles. The van der Waals surface area contributed by atoms with Crippen molar-refractivity contribution < 1.29 is 65.7 Å². The summed E-state index contributed by atoms with van der Waals surface area (Å²) in [5, 5.41) is 29.4. The summed E-state index contributed by atoms with van der Waals surface area (Å²) in [6.45, 7) is 0. The second-order valence-corrected chi connectivity index (χ2v) is 9.51. The number of nitrogens with zero attached hydrogens (tertiary/aromatic N) is 2. The van der Waals surface area contributed by atoms with Gasteiger partial charge in [0, 0.05) is 5.39 Å². The minimum Gasteiger partial charge on any atom is -0.744 e. The van der Waals surface area contributed by atoms with Gasteiger partial charge in [0.05, 0.1) is 16.0 Å². The van der Waals surface area contributed by atoms with Gasteiger partial charge < -0.3 is 14.8 Å². The molecule has 0 saturated heterocycles. The fourth-order valence-electron chi connectivity index (χ4n) is 3.28. The molecule has 3 N–H and O–H groups in total. The summed E-state index contributed by atoms with van der Waals surface area (Å²) in [5.41, 5.74) is -0.345. The van der Waals surface area contributed by atoms with Crippen LogP contribution in [0.2, 0.25) is 0 Å². The van der Waals surface area contributed by atoms with Crippen LogP contribution in [0.4, 0.5) is 11.4 Å². The third kappa shape index (κ3) is 4.87.